The van der Waals surface area contributed by atoms with Crippen LogP contribution in [0, 0.1) is 11.3 Å². The second-order valence-corrected chi connectivity index (χ2v) is 6.18. The van der Waals surface area contributed by atoms with Crippen molar-refractivity contribution in [1.29, 1.82) is 5.26 Å². The number of nitriles is 1. The predicted molar refractivity (Wildman–Crippen MR) is 93.7 cm³/mol. The first-order valence-electron chi connectivity index (χ1n) is 7.51. The van der Waals surface area contributed by atoms with Crippen LogP contribution in [0.15, 0.2) is 60.0 Å². The molecule has 0 saturated heterocycles. The predicted octanol–water partition coefficient (Wildman–Crippen LogP) is 3.54. The lowest BCUT2D eigenvalue weighted by atomic mass is 10.1. The van der Waals surface area contributed by atoms with E-state index in [0.29, 0.717) is 17.7 Å². The van der Waals surface area contributed by atoms with Crippen LogP contribution in [-0.4, -0.2) is 10.9 Å². The van der Waals surface area contributed by atoms with Gasteiger partial charge in [0.15, 0.2) is 0 Å². The Morgan fingerprint density at radius 1 is 1.12 bits per heavy atom. The second-order valence-electron chi connectivity index (χ2n) is 5.24. The molecule has 0 aliphatic carbocycles. The fraction of sp³-hybridized carbons (Fsp3) is 0.105. The van der Waals surface area contributed by atoms with Gasteiger partial charge in [-0.15, -0.1) is 11.3 Å². The van der Waals surface area contributed by atoms with Crippen molar-refractivity contribution in [3.8, 4) is 6.07 Å². The minimum Gasteiger partial charge on any atom is -0.346 e. The van der Waals surface area contributed by atoms with Gasteiger partial charge in [-0.2, -0.15) is 5.26 Å². The monoisotopic (exact) mass is 333 g/mol. The van der Waals surface area contributed by atoms with Gasteiger partial charge in [-0.3, -0.25) is 4.79 Å². The first kappa shape index (κ1) is 15.9. The van der Waals surface area contributed by atoms with Gasteiger partial charge in [0.25, 0.3) is 5.91 Å². The summed E-state index contributed by atoms with van der Waals surface area (Å²) in [7, 11) is 0. The van der Waals surface area contributed by atoms with Crippen molar-refractivity contribution < 1.29 is 4.79 Å². The molecule has 0 aliphatic rings. The van der Waals surface area contributed by atoms with E-state index in [1.165, 1.54) is 5.56 Å². The molecule has 5 heteroatoms. The van der Waals surface area contributed by atoms with Crippen LogP contribution < -0.4 is 5.32 Å². The molecule has 1 heterocycles. The molecule has 0 radical (unpaired) electrons. The molecule has 24 heavy (non-hydrogen) atoms. The number of aromatic nitrogens is 1. The molecule has 0 atom stereocenters. The average Bonchev–Trinajstić information content (AvgIpc) is 3.08. The average molecular weight is 333 g/mol. The van der Waals surface area contributed by atoms with Crippen LogP contribution in [-0.2, 0) is 13.0 Å². The van der Waals surface area contributed by atoms with Crippen LogP contribution in [0.3, 0.4) is 0 Å². The highest BCUT2D eigenvalue weighted by Crippen LogP contribution is 2.15. The number of thiazole rings is 1. The molecule has 1 aromatic heterocycles. The first-order valence-corrected chi connectivity index (χ1v) is 8.39. The van der Waals surface area contributed by atoms with E-state index < -0.39 is 0 Å². The molecule has 0 unspecified atom stereocenters. The molecule has 4 nitrogen and oxygen atoms in total. The number of rotatable bonds is 5. The third-order valence-electron chi connectivity index (χ3n) is 3.52. The Hall–Kier alpha value is -2.97. The summed E-state index contributed by atoms with van der Waals surface area (Å²) in [6, 6.07) is 19.0. The quantitative estimate of drug-likeness (QED) is 0.777. The van der Waals surface area contributed by atoms with E-state index in [9.17, 15) is 4.79 Å². The minimum atomic E-state index is -0.259. The standard InChI is InChI=1S/C19H15N3OS/c20-11-15-8-4-5-9-17(15)19(23)21-12-16-13-24-18(22-16)10-14-6-2-1-3-7-14/h1-9,13H,10,12H2,(H,21,23). The van der Waals surface area contributed by atoms with Crippen molar-refractivity contribution in [3.05, 3.63) is 87.4 Å². The molecule has 1 N–H and O–H groups in total. The molecule has 0 bridgehead atoms. The maximum atomic E-state index is 12.2. The summed E-state index contributed by atoms with van der Waals surface area (Å²) in [4.78, 5) is 16.8. The van der Waals surface area contributed by atoms with E-state index >= 15 is 0 Å². The maximum Gasteiger partial charge on any atom is 0.252 e. The van der Waals surface area contributed by atoms with Crippen molar-refractivity contribution in [2.45, 2.75) is 13.0 Å². The minimum absolute atomic E-state index is 0.259. The third kappa shape index (κ3) is 3.86. The van der Waals surface area contributed by atoms with Gasteiger partial charge in [-0.1, -0.05) is 42.5 Å². The molecule has 118 valence electrons. The molecule has 0 aliphatic heterocycles. The van der Waals surface area contributed by atoms with Crippen molar-refractivity contribution in [1.82, 2.24) is 10.3 Å². The van der Waals surface area contributed by atoms with Crippen LogP contribution in [0.25, 0.3) is 0 Å². The SMILES string of the molecule is N#Cc1ccccc1C(=O)NCc1csc(Cc2ccccc2)n1. The van der Waals surface area contributed by atoms with Crippen LogP contribution in [0.1, 0.15) is 32.2 Å². The van der Waals surface area contributed by atoms with Gasteiger partial charge in [0.05, 0.1) is 34.4 Å². The Morgan fingerprint density at radius 2 is 1.88 bits per heavy atom. The van der Waals surface area contributed by atoms with Crippen LogP contribution in [0.4, 0.5) is 0 Å². The number of nitrogens with one attached hydrogen (secondary N) is 1. The number of nitrogens with zero attached hydrogens (tertiary/aromatic N) is 2. The summed E-state index contributed by atoms with van der Waals surface area (Å²) in [5.41, 5.74) is 2.80. The summed E-state index contributed by atoms with van der Waals surface area (Å²) in [5, 5.41) is 14.8. The summed E-state index contributed by atoms with van der Waals surface area (Å²) < 4.78 is 0. The molecular formula is C19H15N3OS. The normalized spacial score (nSPS) is 10.1. The Kier molecular flexibility index (Phi) is 4.99. The largest absolute Gasteiger partial charge is 0.346 e. The number of hydrogen-bond donors (Lipinski definition) is 1. The fourth-order valence-corrected chi connectivity index (χ4v) is 3.15. The lowest BCUT2D eigenvalue weighted by molar-refractivity contribution is 0.0950. The Balaban J connectivity index is 1.61. The molecular weight excluding hydrogens is 318 g/mol. The van der Waals surface area contributed by atoms with Gasteiger partial charge in [-0.05, 0) is 17.7 Å². The van der Waals surface area contributed by atoms with E-state index in [-0.39, 0.29) is 5.91 Å². The molecule has 3 aromatic rings. The molecule has 0 spiro atoms. The van der Waals surface area contributed by atoms with E-state index in [1.807, 2.05) is 29.6 Å². The lowest BCUT2D eigenvalue weighted by Gasteiger charge is -2.04. The molecule has 1 amide bonds. The van der Waals surface area contributed by atoms with E-state index in [4.69, 9.17) is 5.26 Å². The number of carbonyl (C=O) groups is 1. The maximum absolute atomic E-state index is 12.2. The first-order chi connectivity index (χ1) is 11.8. The summed E-state index contributed by atoms with van der Waals surface area (Å²) >= 11 is 1.58. The van der Waals surface area contributed by atoms with Crippen molar-refractivity contribution in [2.75, 3.05) is 0 Å². The zero-order valence-electron chi connectivity index (χ0n) is 12.9. The van der Waals surface area contributed by atoms with Gasteiger partial charge >= 0.3 is 0 Å². The Labute approximate surface area is 144 Å². The Bertz CT molecular complexity index is 881. The molecule has 0 fully saturated rings. The number of amides is 1. The van der Waals surface area contributed by atoms with Crippen molar-refractivity contribution in [2.24, 2.45) is 0 Å². The summed E-state index contributed by atoms with van der Waals surface area (Å²) in [6.07, 6.45) is 0.788. The zero-order valence-corrected chi connectivity index (χ0v) is 13.7. The van der Waals surface area contributed by atoms with Gasteiger partial charge in [-0.25, -0.2) is 4.98 Å². The molecule has 2 aromatic carbocycles. The van der Waals surface area contributed by atoms with Crippen molar-refractivity contribution >= 4 is 17.2 Å². The Morgan fingerprint density at radius 3 is 2.67 bits per heavy atom. The smallest absolute Gasteiger partial charge is 0.252 e. The lowest BCUT2D eigenvalue weighted by Crippen LogP contribution is -2.23. The fourth-order valence-electron chi connectivity index (χ4n) is 2.33. The topological polar surface area (TPSA) is 65.8 Å². The van der Waals surface area contributed by atoms with E-state index in [1.54, 1.807) is 35.6 Å². The summed E-state index contributed by atoms with van der Waals surface area (Å²) in [6.45, 7) is 0.351. The number of carbonyl (C=O) groups excluding carboxylic acids is 1. The zero-order chi connectivity index (χ0) is 16.8. The van der Waals surface area contributed by atoms with E-state index in [2.05, 4.69) is 22.4 Å². The molecule has 3 rings (SSSR count). The highest BCUT2D eigenvalue weighted by Gasteiger charge is 2.11. The second kappa shape index (κ2) is 7.53. The van der Waals surface area contributed by atoms with Crippen LogP contribution in [0.2, 0.25) is 0 Å². The summed E-state index contributed by atoms with van der Waals surface area (Å²) in [5.74, 6) is -0.259. The number of hydrogen-bond acceptors (Lipinski definition) is 4. The van der Waals surface area contributed by atoms with Gasteiger partial charge < -0.3 is 5.32 Å². The highest BCUT2D eigenvalue weighted by molar-refractivity contribution is 7.09. The van der Waals surface area contributed by atoms with Crippen LogP contribution in [0.5, 0.6) is 0 Å². The van der Waals surface area contributed by atoms with Gasteiger partial charge in [0.2, 0.25) is 0 Å². The van der Waals surface area contributed by atoms with Gasteiger partial charge in [0.1, 0.15) is 0 Å². The van der Waals surface area contributed by atoms with Gasteiger partial charge in [0, 0.05) is 11.8 Å². The third-order valence-corrected chi connectivity index (χ3v) is 4.42. The van der Waals surface area contributed by atoms with Crippen molar-refractivity contribution in [3.63, 3.8) is 0 Å². The van der Waals surface area contributed by atoms with E-state index in [0.717, 1.165) is 17.1 Å². The molecule has 0 saturated carbocycles. The van der Waals surface area contributed by atoms with Crippen LogP contribution >= 0.6 is 11.3 Å². The highest BCUT2D eigenvalue weighted by atomic mass is 32.1. The number of benzene rings is 2.